The Kier molecular flexibility index (Phi) is 7.07. The molecule has 3 rings (SSSR count). The van der Waals surface area contributed by atoms with Gasteiger partial charge in [-0.1, -0.05) is 12.1 Å². The summed E-state index contributed by atoms with van der Waals surface area (Å²) in [6.45, 7) is 5.70. The Morgan fingerprint density at radius 2 is 2.13 bits per heavy atom. The lowest BCUT2D eigenvalue weighted by Crippen LogP contribution is -2.44. The molecule has 0 saturated heterocycles. The third-order valence-corrected chi connectivity index (χ3v) is 5.14. The Morgan fingerprint density at radius 1 is 1.33 bits per heavy atom. The highest BCUT2D eigenvalue weighted by molar-refractivity contribution is 6.04. The van der Waals surface area contributed by atoms with Crippen molar-refractivity contribution in [3.63, 3.8) is 0 Å². The quantitative estimate of drug-likeness (QED) is 0.788. The molecule has 0 fully saturated rings. The largest absolute Gasteiger partial charge is 0.491 e. The maximum absolute atomic E-state index is 13.2. The van der Waals surface area contributed by atoms with Crippen molar-refractivity contribution in [3.8, 4) is 5.75 Å². The van der Waals surface area contributed by atoms with Gasteiger partial charge in [-0.2, -0.15) is 0 Å². The Balaban J connectivity index is 1.88. The van der Waals surface area contributed by atoms with Gasteiger partial charge in [-0.15, -0.1) is 0 Å². The summed E-state index contributed by atoms with van der Waals surface area (Å²) >= 11 is 0. The van der Waals surface area contributed by atoms with Crippen LogP contribution in [0.15, 0.2) is 35.0 Å². The Morgan fingerprint density at radius 3 is 2.83 bits per heavy atom. The number of ether oxygens (including phenoxy) is 2. The minimum absolute atomic E-state index is 0.0827. The van der Waals surface area contributed by atoms with Gasteiger partial charge >= 0.3 is 0 Å². The fourth-order valence-electron chi connectivity index (χ4n) is 3.26. The van der Waals surface area contributed by atoms with Gasteiger partial charge in [0, 0.05) is 45.0 Å². The van der Waals surface area contributed by atoms with Crippen LogP contribution in [-0.4, -0.2) is 67.9 Å². The number of carbonyl (C=O) groups is 2. The van der Waals surface area contributed by atoms with E-state index in [4.69, 9.17) is 14.0 Å². The number of amides is 2. The molecule has 30 heavy (non-hydrogen) atoms. The van der Waals surface area contributed by atoms with Crippen LogP contribution in [0.1, 0.15) is 34.8 Å². The number of nitrogens with zero attached hydrogens (tertiary/aromatic N) is 2. The van der Waals surface area contributed by atoms with E-state index in [0.29, 0.717) is 30.2 Å². The van der Waals surface area contributed by atoms with E-state index in [1.807, 2.05) is 6.92 Å². The first-order chi connectivity index (χ1) is 14.4. The van der Waals surface area contributed by atoms with Crippen LogP contribution >= 0.6 is 0 Å². The molecule has 0 saturated carbocycles. The number of aromatic nitrogens is 1. The molecule has 1 aromatic heterocycles. The second-order valence-corrected chi connectivity index (χ2v) is 7.60. The lowest BCUT2D eigenvalue weighted by Gasteiger charge is -2.30. The molecule has 3 atom stereocenters. The van der Waals surface area contributed by atoms with Crippen molar-refractivity contribution in [2.24, 2.45) is 5.92 Å². The Labute approximate surface area is 175 Å². The second-order valence-electron chi connectivity index (χ2n) is 7.60. The molecule has 2 aromatic rings. The molecule has 1 aromatic carbocycles. The van der Waals surface area contributed by atoms with Crippen molar-refractivity contribution in [1.29, 1.82) is 0 Å². The number of nitrogens with one attached hydrogen (secondary N) is 2. The monoisotopic (exact) mass is 416 g/mol. The molecule has 2 heterocycles. The lowest BCUT2D eigenvalue weighted by molar-refractivity contribution is 0.0281. The summed E-state index contributed by atoms with van der Waals surface area (Å²) in [6, 6.07) is 6.54. The molecule has 0 unspecified atom stereocenters. The average molecular weight is 416 g/mol. The number of anilines is 1. The minimum atomic E-state index is -0.451. The third-order valence-electron chi connectivity index (χ3n) is 5.14. The highest BCUT2D eigenvalue weighted by Crippen LogP contribution is 2.26. The van der Waals surface area contributed by atoms with Gasteiger partial charge in [-0.3, -0.25) is 9.59 Å². The minimum Gasteiger partial charge on any atom is -0.491 e. The summed E-state index contributed by atoms with van der Waals surface area (Å²) in [5.41, 5.74) is 0.818. The SMILES string of the molecule is CO[C@@H]1CN(C)C(=O)c2cc(NC(=O)c3ccno3)ccc2OC[C@H](C)NC[C@H]1C. The molecule has 162 valence electrons. The van der Waals surface area contributed by atoms with E-state index in [-0.39, 0.29) is 29.7 Å². The summed E-state index contributed by atoms with van der Waals surface area (Å²) in [4.78, 5) is 27.1. The van der Waals surface area contributed by atoms with Gasteiger partial charge in [0.1, 0.15) is 12.4 Å². The van der Waals surface area contributed by atoms with E-state index in [1.165, 1.54) is 12.3 Å². The number of hydrogen-bond acceptors (Lipinski definition) is 7. The topological polar surface area (TPSA) is 106 Å². The smallest absolute Gasteiger partial charge is 0.294 e. The van der Waals surface area contributed by atoms with Gasteiger partial charge in [-0.05, 0) is 31.0 Å². The Bertz CT molecular complexity index is 870. The van der Waals surface area contributed by atoms with E-state index in [0.717, 1.165) is 6.54 Å². The van der Waals surface area contributed by atoms with E-state index >= 15 is 0 Å². The zero-order valence-corrected chi connectivity index (χ0v) is 17.7. The summed E-state index contributed by atoms with van der Waals surface area (Å²) in [5, 5.41) is 9.69. The van der Waals surface area contributed by atoms with Gasteiger partial charge in [0.15, 0.2) is 0 Å². The predicted molar refractivity (Wildman–Crippen MR) is 111 cm³/mol. The number of fused-ring (bicyclic) bond motifs is 1. The van der Waals surface area contributed by atoms with Gasteiger partial charge in [0.25, 0.3) is 11.8 Å². The third kappa shape index (κ3) is 5.17. The molecule has 0 spiro atoms. The first-order valence-corrected chi connectivity index (χ1v) is 9.89. The molecular formula is C21H28N4O5. The zero-order valence-electron chi connectivity index (χ0n) is 17.7. The zero-order chi connectivity index (χ0) is 21.7. The van der Waals surface area contributed by atoms with Crippen LogP contribution in [0.2, 0.25) is 0 Å². The molecule has 0 radical (unpaired) electrons. The van der Waals surface area contributed by atoms with E-state index in [2.05, 4.69) is 22.7 Å². The van der Waals surface area contributed by atoms with Crippen LogP contribution in [0.5, 0.6) is 5.75 Å². The summed E-state index contributed by atoms with van der Waals surface area (Å²) in [5.74, 6) is 0.0868. The van der Waals surface area contributed by atoms with Crippen LogP contribution < -0.4 is 15.4 Å². The average Bonchev–Trinajstić information content (AvgIpc) is 3.28. The van der Waals surface area contributed by atoms with Crippen LogP contribution in [0.25, 0.3) is 0 Å². The van der Waals surface area contributed by atoms with E-state index < -0.39 is 5.91 Å². The number of hydrogen-bond donors (Lipinski definition) is 2. The fraction of sp³-hybridized carbons (Fsp3) is 0.476. The number of likely N-dealkylation sites (N-methyl/N-ethyl adjacent to an activating group) is 1. The maximum atomic E-state index is 13.2. The molecule has 1 aliphatic heterocycles. The first kappa shape index (κ1) is 21.8. The lowest BCUT2D eigenvalue weighted by atomic mass is 10.0. The molecular weight excluding hydrogens is 388 g/mol. The predicted octanol–water partition coefficient (Wildman–Crippen LogP) is 2.02. The Hall–Kier alpha value is -2.91. The number of rotatable bonds is 3. The van der Waals surface area contributed by atoms with Gasteiger partial charge < -0.3 is 29.5 Å². The molecule has 0 aliphatic carbocycles. The van der Waals surface area contributed by atoms with Crippen molar-refractivity contribution >= 4 is 17.5 Å². The normalized spacial score (nSPS) is 23.0. The number of methoxy groups -OCH3 is 1. The maximum Gasteiger partial charge on any atom is 0.294 e. The van der Waals surface area contributed by atoms with Gasteiger partial charge in [0.05, 0.1) is 17.9 Å². The van der Waals surface area contributed by atoms with Crippen LogP contribution in [0, 0.1) is 5.92 Å². The van der Waals surface area contributed by atoms with Gasteiger partial charge in [0.2, 0.25) is 5.76 Å². The molecule has 9 nitrogen and oxygen atoms in total. The van der Waals surface area contributed by atoms with Crippen molar-refractivity contribution in [2.75, 3.05) is 39.2 Å². The summed E-state index contributed by atoms with van der Waals surface area (Å²) < 4.78 is 16.4. The van der Waals surface area contributed by atoms with Crippen molar-refractivity contribution in [2.45, 2.75) is 26.0 Å². The van der Waals surface area contributed by atoms with E-state index in [9.17, 15) is 9.59 Å². The number of benzene rings is 1. The molecule has 0 bridgehead atoms. The van der Waals surface area contributed by atoms with Crippen LogP contribution in [0.3, 0.4) is 0 Å². The standard InChI is InChI=1S/C21H28N4O5/c1-13-10-22-14(2)12-29-17-6-5-15(24-20(26)18-7-8-23-30-18)9-16(17)21(27)25(3)11-19(13)28-4/h5-9,13-14,19,22H,10-12H2,1-4H3,(H,24,26)/t13-,14+,19-/m1/s1. The molecule has 1 aliphatic rings. The second kappa shape index (κ2) is 9.73. The van der Waals surface area contributed by atoms with Crippen LogP contribution in [-0.2, 0) is 4.74 Å². The van der Waals surface area contributed by atoms with Gasteiger partial charge in [-0.25, -0.2) is 0 Å². The summed E-state index contributed by atoms with van der Waals surface area (Å²) in [6.07, 6.45) is 1.28. The molecule has 9 heteroatoms. The highest BCUT2D eigenvalue weighted by atomic mass is 16.5. The number of carbonyl (C=O) groups excluding carboxylic acids is 2. The van der Waals surface area contributed by atoms with Crippen molar-refractivity contribution < 1.29 is 23.6 Å². The fourth-order valence-corrected chi connectivity index (χ4v) is 3.26. The van der Waals surface area contributed by atoms with Crippen molar-refractivity contribution in [1.82, 2.24) is 15.4 Å². The molecule has 2 N–H and O–H groups in total. The summed E-state index contributed by atoms with van der Waals surface area (Å²) in [7, 11) is 3.38. The first-order valence-electron chi connectivity index (χ1n) is 9.89. The highest BCUT2D eigenvalue weighted by Gasteiger charge is 2.25. The van der Waals surface area contributed by atoms with Crippen molar-refractivity contribution in [3.05, 3.63) is 41.8 Å². The van der Waals surface area contributed by atoms with E-state index in [1.54, 1.807) is 37.3 Å². The van der Waals surface area contributed by atoms with Crippen LogP contribution in [0.4, 0.5) is 5.69 Å². The molecule has 2 amide bonds.